The summed E-state index contributed by atoms with van der Waals surface area (Å²) in [7, 11) is 0. The number of rotatable bonds is 6. The molecule has 0 aliphatic heterocycles. The summed E-state index contributed by atoms with van der Waals surface area (Å²) in [6.07, 6.45) is 3.60. The molecule has 100 valence electrons. The monoisotopic (exact) mass is 313 g/mol. The summed E-state index contributed by atoms with van der Waals surface area (Å²) in [4.78, 5) is 0. The third-order valence-corrected chi connectivity index (χ3v) is 4.69. The van der Waals surface area contributed by atoms with Crippen LogP contribution in [0.3, 0.4) is 0 Å². The molecule has 2 unspecified atom stereocenters. The standard InChI is InChI=1S/C15H21BrFN/c1-3-18-15(10(2)11-4-5-11)9-12-8-13(17)6-7-14(12)16/h6-8,10-11,15,18H,3-5,9H2,1-2H3. The predicted octanol–water partition coefficient (Wildman–Crippen LogP) is 4.15. The summed E-state index contributed by atoms with van der Waals surface area (Å²) in [5.41, 5.74) is 1.06. The quantitative estimate of drug-likeness (QED) is 0.831. The molecule has 0 radical (unpaired) electrons. The lowest BCUT2D eigenvalue weighted by molar-refractivity contribution is 0.344. The Bertz CT molecular complexity index is 403. The van der Waals surface area contributed by atoms with Crippen LogP contribution in [0.15, 0.2) is 22.7 Å². The van der Waals surface area contributed by atoms with E-state index in [0.717, 1.165) is 28.9 Å². The van der Waals surface area contributed by atoms with Gasteiger partial charge in [0.05, 0.1) is 0 Å². The summed E-state index contributed by atoms with van der Waals surface area (Å²) >= 11 is 3.52. The van der Waals surface area contributed by atoms with Gasteiger partial charge in [-0.1, -0.05) is 29.8 Å². The minimum absolute atomic E-state index is 0.150. The fourth-order valence-corrected chi connectivity index (χ4v) is 3.00. The van der Waals surface area contributed by atoms with Gasteiger partial charge in [-0.3, -0.25) is 0 Å². The predicted molar refractivity (Wildman–Crippen MR) is 77.2 cm³/mol. The zero-order valence-corrected chi connectivity index (χ0v) is 12.6. The van der Waals surface area contributed by atoms with Crippen LogP contribution >= 0.6 is 15.9 Å². The Morgan fingerprint density at radius 1 is 1.44 bits per heavy atom. The molecule has 1 fully saturated rings. The highest BCUT2D eigenvalue weighted by Crippen LogP contribution is 2.39. The molecule has 0 aromatic heterocycles. The molecule has 2 rings (SSSR count). The molecule has 1 aromatic carbocycles. The molecule has 1 N–H and O–H groups in total. The van der Waals surface area contributed by atoms with Crippen LogP contribution in [-0.2, 0) is 6.42 Å². The first kappa shape index (κ1) is 14.0. The van der Waals surface area contributed by atoms with Gasteiger partial charge in [0.25, 0.3) is 0 Å². The molecule has 1 nitrogen and oxygen atoms in total. The largest absolute Gasteiger partial charge is 0.314 e. The van der Waals surface area contributed by atoms with E-state index in [1.807, 2.05) is 0 Å². The second-order valence-corrected chi connectivity index (χ2v) is 6.15. The lowest BCUT2D eigenvalue weighted by Crippen LogP contribution is -2.37. The second kappa shape index (κ2) is 6.16. The summed E-state index contributed by atoms with van der Waals surface area (Å²) < 4.78 is 14.3. The molecule has 1 aliphatic rings. The van der Waals surface area contributed by atoms with Crippen molar-refractivity contribution in [2.75, 3.05) is 6.54 Å². The van der Waals surface area contributed by atoms with Crippen LogP contribution in [0.2, 0.25) is 0 Å². The van der Waals surface area contributed by atoms with E-state index in [9.17, 15) is 4.39 Å². The highest BCUT2D eigenvalue weighted by Gasteiger charge is 2.33. The van der Waals surface area contributed by atoms with E-state index < -0.39 is 0 Å². The smallest absolute Gasteiger partial charge is 0.123 e. The normalized spacial score (nSPS) is 18.7. The zero-order chi connectivity index (χ0) is 13.1. The summed E-state index contributed by atoms with van der Waals surface area (Å²) in [6.45, 7) is 5.42. The van der Waals surface area contributed by atoms with Crippen molar-refractivity contribution in [3.05, 3.63) is 34.1 Å². The van der Waals surface area contributed by atoms with Crippen molar-refractivity contribution in [2.24, 2.45) is 11.8 Å². The molecule has 3 heteroatoms. The van der Waals surface area contributed by atoms with Crippen LogP contribution in [0.5, 0.6) is 0 Å². The minimum Gasteiger partial charge on any atom is -0.314 e. The Hall–Kier alpha value is -0.410. The summed E-state index contributed by atoms with van der Waals surface area (Å²) in [5.74, 6) is 1.38. The average Bonchev–Trinajstić information content (AvgIpc) is 3.16. The number of benzene rings is 1. The van der Waals surface area contributed by atoms with Crippen LogP contribution in [-0.4, -0.2) is 12.6 Å². The van der Waals surface area contributed by atoms with E-state index in [4.69, 9.17) is 0 Å². The molecule has 0 saturated heterocycles. The number of nitrogens with one attached hydrogen (secondary N) is 1. The first-order chi connectivity index (χ1) is 8.61. The molecular formula is C15H21BrFN. The molecule has 0 heterocycles. The van der Waals surface area contributed by atoms with Crippen LogP contribution in [0.1, 0.15) is 32.3 Å². The molecular weight excluding hydrogens is 293 g/mol. The number of halogens is 2. The molecule has 2 atom stereocenters. The molecule has 1 saturated carbocycles. The lowest BCUT2D eigenvalue weighted by atomic mass is 9.91. The van der Waals surface area contributed by atoms with Crippen LogP contribution in [0.25, 0.3) is 0 Å². The van der Waals surface area contributed by atoms with Gasteiger partial charge >= 0.3 is 0 Å². The van der Waals surface area contributed by atoms with Crippen molar-refractivity contribution in [3.8, 4) is 0 Å². The molecule has 1 aromatic rings. The van der Waals surface area contributed by atoms with Crippen molar-refractivity contribution in [1.29, 1.82) is 0 Å². The van der Waals surface area contributed by atoms with E-state index in [1.54, 1.807) is 12.1 Å². The van der Waals surface area contributed by atoms with Crippen LogP contribution in [0, 0.1) is 17.7 Å². The Kier molecular flexibility index (Phi) is 4.79. The fraction of sp³-hybridized carbons (Fsp3) is 0.600. The van der Waals surface area contributed by atoms with Crippen molar-refractivity contribution in [1.82, 2.24) is 5.32 Å². The highest BCUT2D eigenvalue weighted by atomic mass is 79.9. The van der Waals surface area contributed by atoms with Gasteiger partial charge in [0.15, 0.2) is 0 Å². The van der Waals surface area contributed by atoms with E-state index >= 15 is 0 Å². The maximum Gasteiger partial charge on any atom is 0.123 e. The maximum absolute atomic E-state index is 13.3. The lowest BCUT2D eigenvalue weighted by Gasteiger charge is -2.25. The average molecular weight is 314 g/mol. The summed E-state index contributed by atoms with van der Waals surface area (Å²) in [5, 5.41) is 3.56. The Labute approximate surface area is 117 Å². The molecule has 18 heavy (non-hydrogen) atoms. The van der Waals surface area contributed by atoms with Gasteiger partial charge in [-0.15, -0.1) is 0 Å². The Morgan fingerprint density at radius 3 is 2.78 bits per heavy atom. The van der Waals surface area contributed by atoms with Gasteiger partial charge in [-0.05, 0) is 61.4 Å². The van der Waals surface area contributed by atoms with E-state index in [2.05, 4.69) is 35.1 Å². The number of hydrogen-bond donors (Lipinski definition) is 1. The van der Waals surface area contributed by atoms with E-state index in [1.165, 1.54) is 18.9 Å². The van der Waals surface area contributed by atoms with Gasteiger partial charge in [-0.2, -0.15) is 0 Å². The van der Waals surface area contributed by atoms with Gasteiger partial charge in [0, 0.05) is 10.5 Å². The number of likely N-dealkylation sites (N-methyl/N-ethyl adjacent to an activating group) is 1. The van der Waals surface area contributed by atoms with Crippen molar-refractivity contribution >= 4 is 15.9 Å². The highest BCUT2D eigenvalue weighted by molar-refractivity contribution is 9.10. The fourth-order valence-electron chi connectivity index (χ4n) is 2.59. The third-order valence-electron chi connectivity index (χ3n) is 3.91. The Balaban J connectivity index is 2.09. The van der Waals surface area contributed by atoms with Gasteiger partial charge < -0.3 is 5.32 Å². The van der Waals surface area contributed by atoms with Gasteiger partial charge in [-0.25, -0.2) is 4.39 Å². The molecule has 0 amide bonds. The van der Waals surface area contributed by atoms with Crippen molar-refractivity contribution in [2.45, 2.75) is 39.2 Å². The van der Waals surface area contributed by atoms with Gasteiger partial charge in [0.1, 0.15) is 5.82 Å². The molecule has 0 spiro atoms. The maximum atomic E-state index is 13.3. The third kappa shape index (κ3) is 3.55. The first-order valence-corrected chi connectivity index (χ1v) is 7.58. The molecule has 0 bridgehead atoms. The zero-order valence-electron chi connectivity index (χ0n) is 11.0. The van der Waals surface area contributed by atoms with Crippen LogP contribution < -0.4 is 5.32 Å². The molecule has 1 aliphatic carbocycles. The topological polar surface area (TPSA) is 12.0 Å². The number of hydrogen-bond acceptors (Lipinski definition) is 1. The van der Waals surface area contributed by atoms with E-state index in [-0.39, 0.29) is 5.82 Å². The van der Waals surface area contributed by atoms with Crippen molar-refractivity contribution in [3.63, 3.8) is 0 Å². The Morgan fingerprint density at radius 2 is 2.17 bits per heavy atom. The van der Waals surface area contributed by atoms with Crippen molar-refractivity contribution < 1.29 is 4.39 Å². The first-order valence-electron chi connectivity index (χ1n) is 6.79. The van der Waals surface area contributed by atoms with E-state index in [0.29, 0.717) is 12.0 Å². The van der Waals surface area contributed by atoms with Gasteiger partial charge in [0.2, 0.25) is 0 Å². The SMILES string of the molecule is CCNC(Cc1cc(F)ccc1Br)C(C)C1CC1. The summed E-state index contributed by atoms with van der Waals surface area (Å²) in [6, 6.07) is 5.39. The second-order valence-electron chi connectivity index (χ2n) is 5.30. The van der Waals surface area contributed by atoms with Crippen LogP contribution in [0.4, 0.5) is 4.39 Å². The minimum atomic E-state index is -0.150.